The maximum absolute atomic E-state index is 13.1. The van der Waals surface area contributed by atoms with Crippen LogP contribution in [0, 0.1) is 0 Å². The molecule has 1 unspecified atom stereocenters. The number of hydrogen-bond donors (Lipinski definition) is 2. The maximum Gasteiger partial charge on any atom is 0.318 e. The van der Waals surface area contributed by atoms with E-state index in [-0.39, 0.29) is 18.1 Å². The monoisotopic (exact) mass is 335 g/mol. The van der Waals surface area contributed by atoms with Crippen LogP contribution < -0.4 is 10.6 Å². The summed E-state index contributed by atoms with van der Waals surface area (Å²) in [6.45, 7) is 2.63. The Kier molecular flexibility index (Phi) is 4.70. The minimum atomic E-state index is -0.0270. The summed E-state index contributed by atoms with van der Waals surface area (Å²) in [5.74, 6) is 0. The third kappa shape index (κ3) is 3.27. The van der Waals surface area contributed by atoms with Gasteiger partial charge in [0.15, 0.2) is 0 Å². The lowest BCUT2D eigenvalue weighted by molar-refractivity contribution is 0.137. The molecule has 2 aromatic carbocycles. The predicted molar refractivity (Wildman–Crippen MR) is 99.6 cm³/mol. The first-order chi connectivity index (χ1) is 12.3. The number of nitrogens with zero attached hydrogens (tertiary/aromatic N) is 1. The van der Waals surface area contributed by atoms with Gasteiger partial charge in [0.2, 0.25) is 0 Å². The van der Waals surface area contributed by atoms with E-state index in [1.807, 2.05) is 6.07 Å². The summed E-state index contributed by atoms with van der Waals surface area (Å²) in [7, 11) is 0. The molecule has 130 valence electrons. The molecule has 0 saturated carbocycles. The molecule has 0 radical (unpaired) electrons. The van der Waals surface area contributed by atoms with E-state index in [0.29, 0.717) is 6.54 Å². The molecule has 2 amide bonds. The molecular weight excluding hydrogens is 310 g/mol. The molecule has 4 nitrogen and oxygen atoms in total. The van der Waals surface area contributed by atoms with Gasteiger partial charge in [-0.25, -0.2) is 4.79 Å². The van der Waals surface area contributed by atoms with Crippen molar-refractivity contribution in [2.24, 2.45) is 0 Å². The van der Waals surface area contributed by atoms with Crippen LogP contribution in [0.4, 0.5) is 4.79 Å². The van der Waals surface area contributed by atoms with Gasteiger partial charge in [-0.1, -0.05) is 54.6 Å². The normalized spacial score (nSPS) is 21.8. The number of nitrogens with one attached hydrogen (secondary N) is 2. The summed E-state index contributed by atoms with van der Waals surface area (Å²) in [6.07, 6.45) is 2.88. The van der Waals surface area contributed by atoms with Crippen LogP contribution in [-0.4, -0.2) is 36.6 Å². The molecule has 2 aliphatic heterocycles. The molecular formula is C21H25N3O. The molecule has 2 aromatic rings. The van der Waals surface area contributed by atoms with Crippen molar-refractivity contribution in [1.29, 1.82) is 0 Å². The van der Waals surface area contributed by atoms with E-state index < -0.39 is 0 Å². The van der Waals surface area contributed by atoms with Gasteiger partial charge in [0.25, 0.3) is 0 Å². The Morgan fingerprint density at radius 2 is 1.60 bits per heavy atom. The fraction of sp³-hybridized carbons (Fsp3) is 0.381. The van der Waals surface area contributed by atoms with Gasteiger partial charge in [-0.3, -0.25) is 0 Å². The van der Waals surface area contributed by atoms with Crippen LogP contribution in [0.3, 0.4) is 0 Å². The predicted octanol–water partition coefficient (Wildman–Crippen LogP) is 3.10. The quantitative estimate of drug-likeness (QED) is 0.886. The number of benzene rings is 2. The molecule has 4 rings (SSSR count). The fourth-order valence-electron chi connectivity index (χ4n) is 4.13. The van der Waals surface area contributed by atoms with E-state index in [1.54, 1.807) is 0 Å². The zero-order valence-electron chi connectivity index (χ0n) is 14.4. The number of carbonyl (C=O) groups excluding carboxylic acids is 1. The first-order valence-corrected chi connectivity index (χ1v) is 9.24. The molecule has 0 aromatic heterocycles. The number of fused-ring (bicyclic) bond motifs is 1. The van der Waals surface area contributed by atoms with Crippen LogP contribution in [0.25, 0.3) is 0 Å². The van der Waals surface area contributed by atoms with Crippen LogP contribution in [0.15, 0.2) is 54.6 Å². The second kappa shape index (κ2) is 7.28. The van der Waals surface area contributed by atoms with Gasteiger partial charge in [-0.2, -0.15) is 0 Å². The lowest BCUT2D eigenvalue weighted by Gasteiger charge is -2.42. The SMILES string of the molecule is O=C1NCCc2ccccc2C(c2ccccc2)N1C1CCNCC1. The van der Waals surface area contributed by atoms with Crippen molar-refractivity contribution in [3.63, 3.8) is 0 Å². The molecule has 2 N–H and O–H groups in total. The van der Waals surface area contributed by atoms with Crippen molar-refractivity contribution >= 4 is 6.03 Å². The fourth-order valence-corrected chi connectivity index (χ4v) is 4.13. The molecule has 1 fully saturated rings. The molecule has 25 heavy (non-hydrogen) atoms. The van der Waals surface area contributed by atoms with Crippen LogP contribution in [0.1, 0.15) is 35.6 Å². The minimum absolute atomic E-state index is 0.0270. The van der Waals surface area contributed by atoms with Gasteiger partial charge in [0, 0.05) is 12.6 Å². The second-order valence-corrected chi connectivity index (χ2v) is 6.88. The van der Waals surface area contributed by atoms with Crippen LogP contribution in [0.5, 0.6) is 0 Å². The largest absolute Gasteiger partial charge is 0.338 e. The number of urea groups is 1. The highest BCUT2D eigenvalue weighted by atomic mass is 16.2. The first kappa shape index (κ1) is 16.2. The van der Waals surface area contributed by atoms with E-state index in [9.17, 15) is 4.79 Å². The smallest absolute Gasteiger partial charge is 0.318 e. The van der Waals surface area contributed by atoms with E-state index in [1.165, 1.54) is 16.7 Å². The van der Waals surface area contributed by atoms with Crippen molar-refractivity contribution in [3.05, 3.63) is 71.3 Å². The number of carbonyl (C=O) groups is 1. The number of hydrogen-bond acceptors (Lipinski definition) is 2. The molecule has 0 aliphatic carbocycles. The van der Waals surface area contributed by atoms with Crippen molar-refractivity contribution in [2.75, 3.05) is 19.6 Å². The summed E-state index contributed by atoms with van der Waals surface area (Å²) >= 11 is 0. The molecule has 1 saturated heterocycles. The highest BCUT2D eigenvalue weighted by molar-refractivity contribution is 5.76. The van der Waals surface area contributed by atoms with Crippen molar-refractivity contribution < 1.29 is 4.79 Å². The zero-order valence-corrected chi connectivity index (χ0v) is 14.4. The van der Waals surface area contributed by atoms with Crippen LogP contribution >= 0.6 is 0 Å². The van der Waals surface area contributed by atoms with E-state index in [4.69, 9.17) is 0 Å². The zero-order chi connectivity index (χ0) is 17.1. The Bertz CT molecular complexity index is 725. The summed E-state index contributed by atoms with van der Waals surface area (Å²) in [5, 5.41) is 6.55. The average molecular weight is 335 g/mol. The highest BCUT2D eigenvalue weighted by Gasteiger charge is 2.35. The van der Waals surface area contributed by atoms with Crippen LogP contribution in [-0.2, 0) is 6.42 Å². The lowest BCUT2D eigenvalue weighted by Crippen LogP contribution is -2.53. The molecule has 1 atom stereocenters. The minimum Gasteiger partial charge on any atom is -0.338 e. The molecule has 0 bridgehead atoms. The van der Waals surface area contributed by atoms with Gasteiger partial charge in [-0.05, 0) is 49.0 Å². The summed E-state index contributed by atoms with van der Waals surface area (Å²) < 4.78 is 0. The second-order valence-electron chi connectivity index (χ2n) is 6.88. The van der Waals surface area contributed by atoms with Crippen LogP contribution in [0.2, 0.25) is 0 Å². The summed E-state index contributed by atoms with van der Waals surface area (Å²) in [6, 6.07) is 19.3. The Hall–Kier alpha value is -2.33. The highest BCUT2D eigenvalue weighted by Crippen LogP contribution is 2.35. The maximum atomic E-state index is 13.1. The van der Waals surface area contributed by atoms with Gasteiger partial charge < -0.3 is 15.5 Å². The van der Waals surface area contributed by atoms with E-state index in [0.717, 1.165) is 32.4 Å². The van der Waals surface area contributed by atoms with Crippen molar-refractivity contribution in [1.82, 2.24) is 15.5 Å². The number of rotatable bonds is 2. The molecule has 4 heteroatoms. The lowest BCUT2D eigenvalue weighted by atomic mass is 9.89. The number of amides is 2. The Morgan fingerprint density at radius 3 is 2.40 bits per heavy atom. The first-order valence-electron chi connectivity index (χ1n) is 9.24. The molecule has 0 spiro atoms. The van der Waals surface area contributed by atoms with E-state index >= 15 is 0 Å². The Morgan fingerprint density at radius 1 is 0.880 bits per heavy atom. The van der Waals surface area contributed by atoms with Crippen molar-refractivity contribution in [3.8, 4) is 0 Å². The van der Waals surface area contributed by atoms with Gasteiger partial charge >= 0.3 is 6.03 Å². The Balaban J connectivity index is 1.84. The standard InChI is InChI=1S/C21H25N3O/c25-21-23-15-10-16-6-4-5-9-19(16)20(17-7-2-1-3-8-17)24(21)18-11-13-22-14-12-18/h1-9,18,20,22H,10-15H2,(H,23,25). The van der Waals surface area contributed by atoms with Gasteiger partial charge in [-0.15, -0.1) is 0 Å². The molecule has 2 heterocycles. The summed E-state index contributed by atoms with van der Waals surface area (Å²) in [4.78, 5) is 15.2. The number of piperidine rings is 1. The van der Waals surface area contributed by atoms with Crippen molar-refractivity contribution in [2.45, 2.75) is 31.3 Å². The Labute approximate surface area is 149 Å². The topological polar surface area (TPSA) is 44.4 Å². The average Bonchev–Trinajstić information content (AvgIpc) is 2.66. The van der Waals surface area contributed by atoms with E-state index in [2.05, 4.69) is 64.1 Å². The third-order valence-electron chi connectivity index (χ3n) is 5.35. The summed E-state index contributed by atoms with van der Waals surface area (Å²) in [5.41, 5.74) is 3.78. The third-order valence-corrected chi connectivity index (χ3v) is 5.35. The van der Waals surface area contributed by atoms with Gasteiger partial charge in [0.05, 0.1) is 6.04 Å². The molecule has 2 aliphatic rings. The van der Waals surface area contributed by atoms with Gasteiger partial charge in [0.1, 0.15) is 0 Å².